The fraction of sp³-hybridized carbons (Fsp3) is 0.625. The van der Waals surface area contributed by atoms with Gasteiger partial charge in [-0.25, -0.2) is 0 Å². The Bertz CT molecular complexity index is 445. The van der Waals surface area contributed by atoms with Crippen molar-refractivity contribution in [3.05, 3.63) is 23.3 Å². The number of nitrogens with one attached hydrogen (secondary N) is 1. The highest BCUT2D eigenvalue weighted by atomic mass is 16.5. The number of ether oxygens (including phenoxy) is 1. The fourth-order valence-electron chi connectivity index (χ4n) is 3.02. The molecule has 0 aromatic heterocycles. The molecule has 0 atom stereocenters. The summed E-state index contributed by atoms with van der Waals surface area (Å²) >= 11 is 0. The van der Waals surface area contributed by atoms with E-state index in [1.165, 1.54) is 29.7 Å². The maximum absolute atomic E-state index is 5.88. The molecule has 19 heavy (non-hydrogen) atoms. The molecule has 0 aliphatic carbocycles. The van der Waals surface area contributed by atoms with Crippen LogP contribution in [0.5, 0.6) is 5.75 Å². The van der Waals surface area contributed by atoms with Gasteiger partial charge in [0.05, 0.1) is 12.2 Å². The Morgan fingerprint density at radius 3 is 2.79 bits per heavy atom. The monoisotopic (exact) mass is 260 g/mol. The molecule has 1 aromatic rings. The SMILES string of the molecule is CCCCN1CCOc2cc3c(cc21)CCNCC3. The van der Waals surface area contributed by atoms with E-state index >= 15 is 0 Å². The first kappa shape index (κ1) is 12.8. The lowest BCUT2D eigenvalue weighted by Crippen LogP contribution is -2.33. The lowest BCUT2D eigenvalue weighted by molar-refractivity contribution is 0.306. The van der Waals surface area contributed by atoms with Gasteiger partial charge in [-0.3, -0.25) is 0 Å². The van der Waals surface area contributed by atoms with E-state index in [-0.39, 0.29) is 0 Å². The molecule has 3 heteroatoms. The standard InChI is InChI=1S/C16H24N2O/c1-2-3-8-18-9-10-19-16-12-14-5-7-17-6-4-13(14)11-15(16)18/h11-12,17H,2-10H2,1H3. The van der Waals surface area contributed by atoms with Crippen molar-refractivity contribution in [1.82, 2.24) is 5.32 Å². The van der Waals surface area contributed by atoms with Gasteiger partial charge in [-0.1, -0.05) is 13.3 Å². The number of nitrogens with zero attached hydrogens (tertiary/aromatic N) is 1. The molecule has 0 saturated heterocycles. The summed E-state index contributed by atoms with van der Waals surface area (Å²) in [4.78, 5) is 2.50. The van der Waals surface area contributed by atoms with E-state index in [2.05, 4.69) is 29.3 Å². The normalized spacial score (nSPS) is 18.3. The Labute approximate surface area is 115 Å². The maximum atomic E-state index is 5.88. The average molecular weight is 260 g/mol. The van der Waals surface area contributed by atoms with Crippen molar-refractivity contribution < 1.29 is 4.74 Å². The van der Waals surface area contributed by atoms with E-state index in [1.54, 1.807) is 0 Å². The summed E-state index contributed by atoms with van der Waals surface area (Å²) in [6, 6.07) is 4.67. The van der Waals surface area contributed by atoms with Crippen LogP contribution in [-0.2, 0) is 12.8 Å². The van der Waals surface area contributed by atoms with Crippen molar-refractivity contribution in [2.24, 2.45) is 0 Å². The second-order valence-corrected chi connectivity index (χ2v) is 5.53. The van der Waals surface area contributed by atoms with Crippen LogP contribution in [-0.4, -0.2) is 32.8 Å². The van der Waals surface area contributed by atoms with E-state index in [9.17, 15) is 0 Å². The summed E-state index contributed by atoms with van der Waals surface area (Å²) in [6.07, 6.45) is 4.78. The van der Waals surface area contributed by atoms with Crippen LogP contribution in [0, 0.1) is 0 Å². The molecule has 0 radical (unpaired) electrons. The van der Waals surface area contributed by atoms with E-state index in [1.807, 2.05) is 0 Å². The number of benzene rings is 1. The molecule has 0 fully saturated rings. The van der Waals surface area contributed by atoms with Crippen LogP contribution in [0.3, 0.4) is 0 Å². The largest absolute Gasteiger partial charge is 0.490 e. The first-order valence-electron chi connectivity index (χ1n) is 7.62. The molecular weight excluding hydrogens is 236 g/mol. The van der Waals surface area contributed by atoms with Gasteiger partial charge in [0.15, 0.2) is 0 Å². The molecule has 0 amide bonds. The lowest BCUT2D eigenvalue weighted by Gasteiger charge is -2.32. The number of hydrogen-bond donors (Lipinski definition) is 1. The minimum absolute atomic E-state index is 0.827. The third kappa shape index (κ3) is 2.71. The van der Waals surface area contributed by atoms with Gasteiger partial charge in [0, 0.05) is 6.54 Å². The van der Waals surface area contributed by atoms with Gasteiger partial charge in [-0.2, -0.15) is 0 Å². The van der Waals surface area contributed by atoms with Crippen molar-refractivity contribution in [3.8, 4) is 5.75 Å². The Morgan fingerprint density at radius 1 is 1.21 bits per heavy atom. The van der Waals surface area contributed by atoms with Crippen LogP contribution in [0.15, 0.2) is 12.1 Å². The number of unbranched alkanes of at least 4 members (excludes halogenated alkanes) is 1. The zero-order valence-electron chi connectivity index (χ0n) is 11.9. The number of fused-ring (bicyclic) bond motifs is 2. The molecule has 2 heterocycles. The highest BCUT2D eigenvalue weighted by Crippen LogP contribution is 2.35. The van der Waals surface area contributed by atoms with Gasteiger partial charge >= 0.3 is 0 Å². The molecule has 2 aliphatic heterocycles. The molecule has 3 nitrogen and oxygen atoms in total. The molecule has 0 unspecified atom stereocenters. The van der Waals surface area contributed by atoms with Crippen LogP contribution in [0.4, 0.5) is 5.69 Å². The summed E-state index contributed by atoms with van der Waals surface area (Å²) in [7, 11) is 0. The molecule has 0 saturated carbocycles. The number of rotatable bonds is 3. The van der Waals surface area contributed by atoms with Gasteiger partial charge in [0.2, 0.25) is 0 Å². The summed E-state index contributed by atoms with van der Waals surface area (Å²) in [6.45, 7) is 7.46. The van der Waals surface area contributed by atoms with Crippen LogP contribution in [0.25, 0.3) is 0 Å². The first-order chi connectivity index (χ1) is 9.38. The molecule has 2 aliphatic rings. The number of anilines is 1. The smallest absolute Gasteiger partial charge is 0.142 e. The van der Waals surface area contributed by atoms with Crippen LogP contribution in [0.1, 0.15) is 30.9 Å². The summed E-state index contributed by atoms with van der Waals surface area (Å²) in [5.74, 6) is 1.10. The van der Waals surface area contributed by atoms with Crippen molar-refractivity contribution >= 4 is 5.69 Å². The minimum atomic E-state index is 0.827. The predicted octanol–water partition coefficient (Wildman–Crippen LogP) is 2.37. The zero-order valence-corrected chi connectivity index (χ0v) is 11.9. The maximum Gasteiger partial charge on any atom is 0.142 e. The van der Waals surface area contributed by atoms with E-state index in [0.29, 0.717) is 0 Å². The Kier molecular flexibility index (Phi) is 3.92. The van der Waals surface area contributed by atoms with Gasteiger partial charge < -0.3 is 15.0 Å². The highest BCUT2D eigenvalue weighted by Gasteiger charge is 2.20. The lowest BCUT2D eigenvalue weighted by atomic mass is 10.0. The van der Waals surface area contributed by atoms with Gasteiger partial charge in [-0.15, -0.1) is 0 Å². The zero-order chi connectivity index (χ0) is 13.1. The second-order valence-electron chi connectivity index (χ2n) is 5.53. The fourth-order valence-corrected chi connectivity index (χ4v) is 3.02. The summed E-state index contributed by atoms with van der Waals surface area (Å²) in [5, 5.41) is 3.48. The molecule has 0 spiro atoms. The molecule has 104 valence electrons. The van der Waals surface area contributed by atoms with Crippen molar-refractivity contribution in [2.75, 3.05) is 37.7 Å². The molecule has 3 rings (SSSR count). The molecule has 0 bridgehead atoms. The van der Waals surface area contributed by atoms with Crippen molar-refractivity contribution in [3.63, 3.8) is 0 Å². The van der Waals surface area contributed by atoms with Crippen molar-refractivity contribution in [1.29, 1.82) is 0 Å². The van der Waals surface area contributed by atoms with Crippen molar-refractivity contribution in [2.45, 2.75) is 32.6 Å². The van der Waals surface area contributed by atoms with Gasteiger partial charge in [0.1, 0.15) is 12.4 Å². The third-order valence-electron chi connectivity index (χ3n) is 4.16. The van der Waals surface area contributed by atoms with Gasteiger partial charge in [0.25, 0.3) is 0 Å². The quantitative estimate of drug-likeness (QED) is 0.903. The average Bonchev–Trinajstić information content (AvgIpc) is 2.67. The van der Waals surface area contributed by atoms with E-state index in [0.717, 1.165) is 51.4 Å². The first-order valence-corrected chi connectivity index (χ1v) is 7.62. The van der Waals surface area contributed by atoms with Crippen LogP contribution in [0.2, 0.25) is 0 Å². The molecule has 1 N–H and O–H groups in total. The summed E-state index contributed by atoms with van der Waals surface area (Å²) in [5.41, 5.74) is 4.30. The summed E-state index contributed by atoms with van der Waals surface area (Å²) < 4.78 is 5.88. The third-order valence-corrected chi connectivity index (χ3v) is 4.16. The Hall–Kier alpha value is -1.22. The Balaban J connectivity index is 1.90. The Morgan fingerprint density at radius 2 is 2.00 bits per heavy atom. The van der Waals surface area contributed by atoms with Gasteiger partial charge in [-0.05, 0) is 55.6 Å². The van der Waals surface area contributed by atoms with E-state index in [4.69, 9.17) is 4.74 Å². The second kappa shape index (κ2) is 5.83. The van der Waals surface area contributed by atoms with E-state index < -0.39 is 0 Å². The van der Waals surface area contributed by atoms with Crippen LogP contribution < -0.4 is 15.0 Å². The molecule has 1 aromatic carbocycles. The minimum Gasteiger partial charge on any atom is -0.490 e. The molecular formula is C16H24N2O. The highest BCUT2D eigenvalue weighted by molar-refractivity contribution is 5.63. The van der Waals surface area contributed by atoms with Crippen LogP contribution >= 0.6 is 0 Å². The number of hydrogen-bond acceptors (Lipinski definition) is 3. The topological polar surface area (TPSA) is 24.5 Å². The predicted molar refractivity (Wildman–Crippen MR) is 79.3 cm³/mol.